The second-order valence-electron chi connectivity index (χ2n) is 7.22. The maximum atomic E-state index is 9.64. The van der Waals surface area contributed by atoms with Crippen LogP contribution in [0.2, 0.25) is 0 Å². The Hall–Kier alpha value is -1.52. The number of aliphatic hydroxyl groups excluding tert-OH is 1. The van der Waals surface area contributed by atoms with E-state index in [1.807, 2.05) is 6.20 Å². The van der Waals surface area contributed by atoms with Crippen molar-refractivity contribution >= 4 is 10.9 Å². The lowest BCUT2D eigenvalue weighted by Gasteiger charge is -2.32. The molecule has 0 amide bonds. The molecule has 23 heavy (non-hydrogen) atoms. The first-order valence-corrected chi connectivity index (χ1v) is 8.71. The van der Waals surface area contributed by atoms with Crippen LogP contribution < -0.4 is 4.74 Å². The smallest absolute Gasteiger partial charge is 0.124 e. The van der Waals surface area contributed by atoms with E-state index in [-0.39, 0.29) is 6.10 Å². The molecular formula is C19H26N2O2. The minimum Gasteiger partial charge on any atom is -0.496 e. The zero-order valence-corrected chi connectivity index (χ0v) is 14.0. The molecule has 2 aromatic rings. The van der Waals surface area contributed by atoms with Crippen LogP contribution in [0, 0.1) is 18.8 Å². The number of aromatic amines is 1. The summed E-state index contributed by atoms with van der Waals surface area (Å²) >= 11 is 0. The van der Waals surface area contributed by atoms with E-state index in [2.05, 4.69) is 28.9 Å². The quantitative estimate of drug-likeness (QED) is 0.912. The zero-order chi connectivity index (χ0) is 16.0. The van der Waals surface area contributed by atoms with Crippen LogP contribution in [0.5, 0.6) is 5.75 Å². The SMILES string of the molecule is COc1cc(C)c2[nH]ccc2c1CN1CCC(C2CC2O)CC1. The van der Waals surface area contributed by atoms with Crippen LogP contribution in [0.15, 0.2) is 18.3 Å². The van der Waals surface area contributed by atoms with Crippen molar-refractivity contribution in [3.8, 4) is 5.75 Å². The third-order valence-corrected chi connectivity index (χ3v) is 5.76. The van der Waals surface area contributed by atoms with E-state index in [9.17, 15) is 5.11 Å². The van der Waals surface area contributed by atoms with Crippen molar-refractivity contribution < 1.29 is 9.84 Å². The molecule has 1 aliphatic carbocycles. The molecule has 1 saturated heterocycles. The number of aryl methyl sites for hydroxylation is 1. The second-order valence-corrected chi connectivity index (χ2v) is 7.22. The highest BCUT2D eigenvalue weighted by Gasteiger charge is 2.42. The Kier molecular flexibility index (Phi) is 3.82. The molecule has 0 bridgehead atoms. The van der Waals surface area contributed by atoms with Crippen LogP contribution in [-0.2, 0) is 6.54 Å². The normalized spacial score (nSPS) is 25.9. The van der Waals surface area contributed by atoms with Crippen LogP contribution >= 0.6 is 0 Å². The number of nitrogens with zero attached hydrogens (tertiary/aromatic N) is 1. The third-order valence-electron chi connectivity index (χ3n) is 5.76. The van der Waals surface area contributed by atoms with Gasteiger partial charge in [0.2, 0.25) is 0 Å². The molecular weight excluding hydrogens is 288 g/mol. The van der Waals surface area contributed by atoms with Crippen molar-refractivity contribution in [3.63, 3.8) is 0 Å². The average molecular weight is 314 g/mol. The summed E-state index contributed by atoms with van der Waals surface area (Å²) in [6, 6.07) is 4.30. The Morgan fingerprint density at radius 2 is 2.09 bits per heavy atom. The van der Waals surface area contributed by atoms with Gasteiger partial charge in [-0.25, -0.2) is 0 Å². The first kappa shape index (κ1) is 15.0. The molecule has 1 aromatic heterocycles. The third kappa shape index (κ3) is 2.74. The molecule has 0 radical (unpaired) electrons. The fourth-order valence-electron chi connectivity index (χ4n) is 4.25. The first-order valence-electron chi connectivity index (χ1n) is 8.71. The number of hydrogen-bond donors (Lipinski definition) is 2. The van der Waals surface area contributed by atoms with Crippen molar-refractivity contribution in [2.45, 2.75) is 38.8 Å². The van der Waals surface area contributed by atoms with E-state index < -0.39 is 0 Å². The first-order chi connectivity index (χ1) is 11.2. The Balaban J connectivity index is 1.52. The second kappa shape index (κ2) is 5.84. The van der Waals surface area contributed by atoms with E-state index in [0.29, 0.717) is 5.92 Å². The zero-order valence-electron chi connectivity index (χ0n) is 14.0. The number of piperidine rings is 1. The molecule has 2 heterocycles. The molecule has 1 aliphatic heterocycles. The molecule has 2 fully saturated rings. The van der Waals surface area contributed by atoms with Gasteiger partial charge in [0.1, 0.15) is 5.75 Å². The van der Waals surface area contributed by atoms with Gasteiger partial charge in [-0.3, -0.25) is 4.90 Å². The largest absolute Gasteiger partial charge is 0.496 e. The van der Waals surface area contributed by atoms with Crippen LogP contribution in [-0.4, -0.2) is 41.3 Å². The van der Waals surface area contributed by atoms with E-state index in [1.165, 1.54) is 34.9 Å². The van der Waals surface area contributed by atoms with E-state index in [4.69, 9.17) is 4.74 Å². The summed E-state index contributed by atoms with van der Waals surface area (Å²) in [5.74, 6) is 2.31. The van der Waals surface area contributed by atoms with E-state index in [0.717, 1.165) is 37.7 Å². The number of likely N-dealkylation sites (tertiary alicyclic amines) is 1. The minimum absolute atomic E-state index is 0.0109. The number of nitrogens with one attached hydrogen (secondary N) is 1. The van der Waals surface area contributed by atoms with Gasteiger partial charge in [0.05, 0.1) is 13.2 Å². The summed E-state index contributed by atoms with van der Waals surface area (Å²) in [5.41, 5.74) is 3.74. The van der Waals surface area contributed by atoms with Gasteiger partial charge in [0, 0.05) is 29.2 Å². The van der Waals surface area contributed by atoms with Crippen molar-refractivity contribution in [1.82, 2.24) is 9.88 Å². The maximum Gasteiger partial charge on any atom is 0.124 e. The van der Waals surface area contributed by atoms with Crippen LogP contribution in [0.4, 0.5) is 0 Å². The summed E-state index contributed by atoms with van der Waals surface area (Å²) in [6.07, 6.45) is 5.46. The van der Waals surface area contributed by atoms with Crippen molar-refractivity contribution in [3.05, 3.63) is 29.5 Å². The topological polar surface area (TPSA) is 48.5 Å². The van der Waals surface area contributed by atoms with Crippen molar-refractivity contribution in [1.29, 1.82) is 0 Å². The van der Waals surface area contributed by atoms with Gasteiger partial charge in [0.15, 0.2) is 0 Å². The number of benzene rings is 1. The standard InChI is InChI=1S/C19H26N2O2/c1-12-9-18(23-2)16(14-3-6-20-19(12)14)11-21-7-4-13(5-8-21)15-10-17(15)22/h3,6,9,13,15,17,20,22H,4-5,7-8,10-11H2,1-2H3. The summed E-state index contributed by atoms with van der Waals surface area (Å²) in [7, 11) is 1.76. The van der Waals surface area contributed by atoms with Crippen LogP contribution in [0.25, 0.3) is 10.9 Å². The van der Waals surface area contributed by atoms with E-state index >= 15 is 0 Å². The molecule has 4 nitrogen and oxygen atoms in total. The average Bonchev–Trinajstić information content (AvgIpc) is 3.09. The van der Waals surface area contributed by atoms with Gasteiger partial charge >= 0.3 is 0 Å². The number of aromatic nitrogens is 1. The van der Waals surface area contributed by atoms with Crippen molar-refractivity contribution in [2.24, 2.45) is 11.8 Å². The fourth-order valence-corrected chi connectivity index (χ4v) is 4.25. The summed E-state index contributed by atoms with van der Waals surface area (Å²) in [5, 5.41) is 10.9. The summed E-state index contributed by atoms with van der Waals surface area (Å²) in [4.78, 5) is 5.88. The molecule has 2 aliphatic rings. The number of fused-ring (bicyclic) bond motifs is 1. The molecule has 2 unspecified atom stereocenters. The van der Waals surface area contributed by atoms with Crippen molar-refractivity contribution in [2.75, 3.05) is 20.2 Å². The fraction of sp³-hybridized carbons (Fsp3) is 0.579. The number of H-pyrrole nitrogens is 1. The molecule has 1 saturated carbocycles. The molecule has 2 N–H and O–H groups in total. The Morgan fingerprint density at radius 1 is 1.35 bits per heavy atom. The predicted molar refractivity (Wildman–Crippen MR) is 91.7 cm³/mol. The number of aliphatic hydroxyl groups is 1. The van der Waals surface area contributed by atoms with Crippen LogP contribution in [0.1, 0.15) is 30.4 Å². The minimum atomic E-state index is -0.0109. The summed E-state index contributed by atoms with van der Waals surface area (Å²) in [6.45, 7) is 5.31. The number of ether oxygens (including phenoxy) is 1. The number of methoxy groups -OCH3 is 1. The Bertz CT molecular complexity index is 701. The highest BCUT2D eigenvalue weighted by molar-refractivity contribution is 5.88. The monoisotopic (exact) mass is 314 g/mol. The molecule has 4 rings (SSSR count). The number of rotatable bonds is 4. The molecule has 1 aromatic carbocycles. The van der Waals surface area contributed by atoms with Gasteiger partial charge in [-0.2, -0.15) is 0 Å². The van der Waals surface area contributed by atoms with Gasteiger partial charge in [0.25, 0.3) is 0 Å². The van der Waals surface area contributed by atoms with Gasteiger partial charge < -0.3 is 14.8 Å². The van der Waals surface area contributed by atoms with Crippen LogP contribution in [0.3, 0.4) is 0 Å². The highest BCUT2D eigenvalue weighted by atomic mass is 16.5. The van der Waals surface area contributed by atoms with E-state index in [1.54, 1.807) is 7.11 Å². The maximum absolute atomic E-state index is 9.64. The lowest BCUT2D eigenvalue weighted by Crippen LogP contribution is -2.34. The molecule has 2 atom stereocenters. The predicted octanol–water partition coefficient (Wildman–Crippen LogP) is 3.08. The number of hydrogen-bond acceptors (Lipinski definition) is 3. The molecule has 124 valence electrons. The van der Waals surface area contributed by atoms with Gasteiger partial charge in [-0.05, 0) is 68.8 Å². The Morgan fingerprint density at radius 3 is 2.74 bits per heavy atom. The van der Waals surface area contributed by atoms with Gasteiger partial charge in [-0.1, -0.05) is 0 Å². The highest BCUT2D eigenvalue weighted by Crippen LogP contribution is 2.42. The summed E-state index contributed by atoms with van der Waals surface area (Å²) < 4.78 is 5.66. The lowest BCUT2D eigenvalue weighted by molar-refractivity contribution is 0.147. The van der Waals surface area contributed by atoms with Gasteiger partial charge in [-0.15, -0.1) is 0 Å². The lowest BCUT2D eigenvalue weighted by atomic mass is 9.91. The molecule has 0 spiro atoms. The molecule has 4 heteroatoms. The Labute approximate surface area is 137 Å².